The van der Waals surface area contributed by atoms with Gasteiger partial charge in [-0.2, -0.15) is 5.10 Å². The van der Waals surface area contributed by atoms with E-state index in [1.165, 1.54) is 16.5 Å². The van der Waals surface area contributed by atoms with Crippen LogP contribution >= 0.6 is 0 Å². The molecule has 3 rings (SSSR count). The number of nitrogens with zero attached hydrogens (tertiary/aromatic N) is 2. The van der Waals surface area contributed by atoms with E-state index in [0.29, 0.717) is 0 Å². The molecule has 0 fully saturated rings. The Morgan fingerprint density at radius 1 is 1.07 bits per heavy atom. The van der Waals surface area contributed by atoms with E-state index < -0.39 is 0 Å². The van der Waals surface area contributed by atoms with Crippen molar-refractivity contribution in [2.24, 2.45) is 0 Å². The van der Waals surface area contributed by atoms with Crippen molar-refractivity contribution in [2.45, 2.75) is 6.92 Å². The van der Waals surface area contributed by atoms with Crippen molar-refractivity contribution >= 4 is 16.4 Å². The van der Waals surface area contributed by atoms with Crippen LogP contribution in [0.1, 0.15) is 5.56 Å². The van der Waals surface area contributed by atoms with Crippen molar-refractivity contribution in [1.29, 1.82) is 0 Å². The van der Waals surface area contributed by atoms with E-state index in [0.717, 1.165) is 5.52 Å². The van der Waals surface area contributed by atoms with Crippen molar-refractivity contribution in [2.75, 3.05) is 0 Å². The number of benzene rings is 1. The highest BCUT2D eigenvalue weighted by molar-refractivity contribution is 5.95. The summed E-state index contributed by atoms with van der Waals surface area (Å²) in [6.07, 6.45) is 1.99. The zero-order valence-corrected chi connectivity index (χ0v) is 7.94. The summed E-state index contributed by atoms with van der Waals surface area (Å²) >= 11 is 0. The molecule has 0 aliphatic heterocycles. The third kappa shape index (κ3) is 0.880. The van der Waals surface area contributed by atoms with Gasteiger partial charge in [-0.25, -0.2) is 4.52 Å². The van der Waals surface area contributed by atoms with E-state index in [1.807, 2.05) is 28.9 Å². The lowest BCUT2D eigenvalue weighted by molar-refractivity contribution is 0.976. The minimum Gasteiger partial charge on any atom is -0.239 e. The van der Waals surface area contributed by atoms with Gasteiger partial charge in [0.05, 0.1) is 11.0 Å². The number of rotatable bonds is 0. The Hall–Kier alpha value is -1.83. The number of aromatic nitrogens is 2. The number of pyridine rings is 1. The molecule has 0 aliphatic carbocycles. The Balaban J connectivity index is 2.65. The second kappa shape index (κ2) is 2.58. The summed E-state index contributed by atoms with van der Waals surface area (Å²) < 4.78 is 1.94. The van der Waals surface area contributed by atoms with E-state index in [-0.39, 0.29) is 0 Å². The van der Waals surface area contributed by atoms with Crippen LogP contribution in [0.2, 0.25) is 0 Å². The number of aryl methyl sites for hydroxylation is 1. The molecule has 68 valence electrons. The largest absolute Gasteiger partial charge is 0.239 e. The van der Waals surface area contributed by atoms with Gasteiger partial charge in [-0.3, -0.25) is 0 Å². The van der Waals surface area contributed by atoms with Crippen LogP contribution in [-0.2, 0) is 0 Å². The van der Waals surface area contributed by atoms with Gasteiger partial charge in [0.15, 0.2) is 0 Å². The van der Waals surface area contributed by atoms with Crippen LogP contribution in [0.25, 0.3) is 16.4 Å². The highest BCUT2D eigenvalue weighted by atomic mass is 15.2. The molecule has 2 nitrogen and oxygen atoms in total. The topological polar surface area (TPSA) is 17.3 Å². The van der Waals surface area contributed by atoms with Gasteiger partial charge < -0.3 is 0 Å². The molecular formula is C12H10N2. The summed E-state index contributed by atoms with van der Waals surface area (Å²) in [7, 11) is 0. The molecule has 2 heteroatoms. The molecule has 0 atom stereocenters. The monoisotopic (exact) mass is 182 g/mol. The standard InChI is InChI=1S/C12H10N2/c1-9-5-4-8-14-12(9)10-6-2-3-7-11(10)13-14/h2-8H,1H3. The van der Waals surface area contributed by atoms with Gasteiger partial charge in [0.2, 0.25) is 0 Å². The minimum atomic E-state index is 1.06. The molecule has 0 spiro atoms. The summed E-state index contributed by atoms with van der Waals surface area (Å²) in [6, 6.07) is 12.4. The smallest absolute Gasteiger partial charge is 0.0934 e. The first-order chi connectivity index (χ1) is 6.86. The quantitative estimate of drug-likeness (QED) is 0.522. The molecule has 2 aromatic heterocycles. The van der Waals surface area contributed by atoms with E-state index in [4.69, 9.17) is 0 Å². The molecule has 0 saturated carbocycles. The van der Waals surface area contributed by atoms with E-state index in [9.17, 15) is 0 Å². The second-order valence-corrected chi connectivity index (χ2v) is 3.50. The molecule has 0 bridgehead atoms. The van der Waals surface area contributed by atoms with E-state index in [2.05, 4.69) is 30.2 Å². The average Bonchev–Trinajstić information content (AvgIpc) is 2.57. The lowest BCUT2D eigenvalue weighted by Gasteiger charge is -1.96. The van der Waals surface area contributed by atoms with Crippen molar-refractivity contribution < 1.29 is 0 Å². The maximum Gasteiger partial charge on any atom is 0.0934 e. The summed E-state index contributed by atoms with van der Waals surface area (Å²) in [5.74, 6) is 0. The van der Waals surface area contributed by atoms with Crippen LogP contribution in [0.4, 0.5) is 0 Å². The molecule has 0 N–H and O–H groups in total. The number of hydrogen-bond donors (Lipinski definition) is 0. The van der Waals surface area contributed by atoms with Crippen molar-refractivity contribution in [1.82, 2.24) is 9.61 Å². The molecule has 3 aromatic rings. The highest BCUT2D eigenvalue weighted by Gasteiger charge is 2.04. The Bertz CT molecular complexity index is 608. The van der Waals surface area contributed by atoms with Crippen LogP contribution in [0.3, 0.4) is 0 Å². The average molecular weight is 182 g/mol. The van der Waals surface area contributed by atoms with Crippen LogP contribution in [0, 0.1) is 6.92 Å². The van der Waals surface area contributed by atoms with Gasteiger partial charge in [-0.1, -0.05) is 24.3 Å². The van der Waals surface area contributed by atoms with Crippen LogP contribution in [-0.4, -0.2) is 9.61 Å². The maximum atomic E-state index is 4.49. The molecule has 0 amide bonds. The number of hydrogen-bond acceptors (Lipinski definition) is 1. The van der Waals surface area contributed by atoms with Crippen molar-refractivity contribution in [3.63, 3.8) is 0 Å². The van der Waals surface area contributed by atoms with Crippen LogP contribution < -0.4 is 0 Å². The summed E-state index contributed by atoms with van der Waals surface area (Å²) in [6.45, 7) is 2.11. The molecule has 0 aliphatic rings. The number of fused-ring (bicyclic) bond motifs is 3. The Morgan fingerprint density at radius 3 is 2.86 bits per heavy atom. The van der Waals surface area contributed by atoms with Gasteiger partial charge in [0.1, 0.15) is 0 Å². The maximum absolute atomic E-state index is 4.49. The fourth-order valence-electron chi connectivity index (χ4n) is 1.90. The lowest BCUT2D eigenvalue weighted by atomic mass is 10.1. The van der Waals surface area contributed by atoms with Gasteiger partial charge in [-0.05, 0) is 24.6 Å². The van der Waals surface area contributed by atoms with Crippen molar-refractivity contribution in [3.05, 3.63) is 48.2 Å². The molecule has 1 aromatic carbocycles. The molecule has 2 heterocycles. The minimum absolute atomic E-state index is 1.06. The fourth-order valence-corrected chi connectivity index (χ4v) is 1.90. The zero-order valence-electron chi connectivity index (χ0n) is 7.94. The summed E-state index contributed by atoms with van der Waals surface area (Å²) in [5, 5.41) is 5.72. The predicted octanol–water partition coefficient (Wildman–Crippen LogP) is 2.80. The molecule has 0 saturated heterocycles. The van der Waals surface area contributed by atoms with E-state index in [1.54, 1.807) is 0 Å². The Labute approximate surface area is 81.8 Å². The van der Waals surface area contributed by atoms with Gasteiger partial charge >= 0.3 is 0 Å². The third-order valence-electron chi connectivity index (χ3n) is 2.55. The predicted molar refractivity (Wildman–Crippen MR) is 57.4 cm³/mol. The van der Waals surface area contributed by atoms with Gasteiger partial charge in [0, 0.05) is 11.6 Å². The lowest BCUT2D eigenvalue weighted by Crippen LogP contribution is -1.86. The van der Waals surface area contributed by atoms with Crippen LogP contribution in [0.5, 0.6) is 0 Å². The zero-order chi connectivity index (χ0) is 9.54. The normalized spacial score (nSPS) is 11.2. The molecule has 0 radical (unpaired) electrons. The van der Waals surface area contributed by atoms with E-state index >= 15 is 0 Å². The first kappa shape index (κ1) is 7.56. The molecular weight excluding hydrogens is 172 g/mol. The SMILES string of the molecule is Cc1cccn2nc3ccccc3c12. The third-order valence-corrected chi connectivity index (χ3v) is 2.55. The van der Waals surface area contributed by atoms with Crippen molar-refractivity contribution in [3.8, 4) is 0 Å². The highest BCUT2D eigenvalue weighted by Crippen LogP contribution is 2.21. The summed E-state index contributed by atoms with van der Waals surface area (Å²) in [5.41, 5.74) is 3.53. The second-order valence-electron chi connectivity index (χ2n) is 3.50. The summed E-state index contributed by atoms with van der Waals surface area (Å²) in [4.78, 5) is 0. The first-order valence-corrected chi connectivity index (χ1v) is 4.69. The van der Waals surface area contributed by atoms with Gasteiger partial charge in [0.25, 0.3) is 0 Å². The Morgan fingerprint density at radius 2 is 1.93 bits per heavy atom. The van der Waals surface area contributed by atoms with Gasteiger partial charge in [-0.15, -0.1) is 0 Å². The Kier molecular flexibility index (Phi) is 1.39. The van der Waals surface area contributed by atoms with Crippen LogP contribution in [0.15, 0.2) is 42.6 Å². The first-order valence-electron chi connectivity index (χ1n) is 4.69. The fraction of sp³-hybridized carbons (Fsp3) is 0.0833. The molecule has 0 unspecified atom stereocenters. The molecule has 14 heavy (non-hydrogen) atoms.